The second kappa shape index (κ2) is 10.2. The van der Waals surface area contributed by atoms with Crippen LogP contribution in [0.4, 0.5) is 5.13 Å². The quantitative estimate of drug-likeness (QED) is 0.677. The van der Waals surface area contributed by atoms with E-state index >= 15 is 0 Å². The lowest BCUT2D eigenvalue weighted by atomic mass is 9.98. The molecule has 0 aliphatic carbocycles. The molecule has 0 saturated carbocycles. The van der Waals surface area contributed by atoms with Gasteiger partial charge in [0.1, 0.15) is 5.75 Å². The maximum absolute atomic E-state index is 12.6. The van der Waals surface area contributed by atoms with Crippen molar-refractivity contribution >= 4 is 34.3 Å². The highest BCUT2D eigenvalue weighted by Crippen LogP contribution is 2.21. The second-order valence-corrected chi connectivity index (χ2v) is 7.79. The molecule has 1 fully saturated rings. The van der Waals surface area contributed by atoms with Crippen LogP contribution in [0.2, 0.25) is 0 Å². The molecule has 1 aromatic carbocycles. The first-order valence-electron chi connectivity index (χ1n) is 9.84. The summed E-state index contributed by atoms with van der Waals surface area (Å²) in [4.78, 5) is 43.0. The molecule has 0 radical (unpaired) electrons. The van der Waals surface area contributed by atoms with Gasteiger partial charge in [0.15, 0.2) is 5.13 Å². The van der Waals surface area contributed by atoms with Crippen molar-refractivity contribution in [3.8, 4) is 5.75 Å². The average molecular weight is 432 g/mol. The number of nitrogens with one attached hydrogen (secondary N) is 1. The lowest BCUT2D eigenvalue weighted by molar-refractivity contribution is -0.151. The molecule has 160 valence electrons. The number of piperidine rings is 1. The zero-order valence-electron chi connectivity index (χ0n) is 17.1. The topological polar surface area (TPSA) is 97.8 Å². The number of carbonyl (C=O) groups excluding carboxylic acids is 3. The number of carbonyl (C=O) groups is 3. The summed E-state index contributed by atoms with van der Waals surface area (Å²) in [6, 6.07) is 6.76. The van der Waals surface area contributed by atoms with Crippen LogP contribution in [0.25, 0.3) is 0 Å². The number of ether oxygens (including phenoxy) is 2. The predicted octanol–water partition coefficient (Wildman–Crippen LogP) is 2.75. The van der Waals surface area contributed by atoms with Gasteiger partial charge in [-0.3, -0.25) is 19.7 Å². The van der Waals surface area contributed by atoms with Crippen LogP contribution in [0, 0.1) is 5.92 Å². The fourth-order valence-corrected chi connectivity index (χ4v) is 3.99. The van der Waals surface area contributed by atoms with Crippen LogP contribution in [0.15, 0.2) is 29.6 Å². The van der Waals surface area contributed by atoms with E-state index in [1.54, 1.807) is 48.6 Å². The number of rotatable bonds is 7. The van der Waals surface area contributed by atoms with E-state index < -0.39 is 0 Å². The van der Waals surface area contributed by atoms with Crippen LogP contribution in [-0.4, -0.2) is 54.5 Å². The molecular formula is C21H25N3O5S. The highest BCUT2D eigenvalue weighted by molar-refractivity contribution is 7.14. The molecule has 0 spiro atoms. The fraction of sp³-hybridized carbons (Fsp3) is 0.429. The normalized spacial score (nSPS) is 16.1. The van der Waals surface area contributed by atoms with Gasteiger partial charge in [-0.05, 0) is 44.0 Å². The summed E-state index contributed by atoms with van der Waals surface area (Å²) in [5, 5.41) is 4.94. The van der Waals surface area contributed by atoms with Crippen molar-refractivity contribution in [2.24, 2.45) is 5.92 Å². The van der Waals surface area contributed by atoms with Crippen molar-refractivity contribution in [1.29, 1.82) is 0 Å². The Labute approximate surface area is 179 Å². The third kappa shape index (κ3) is 5.56. The molecular weight excluding hydrogens is 406 g/mol. The average Bonchev–Trinajstić information content (AvgIpc) is 3.20. The van der Waals surface area contributed by atoms with Crippen molar-refractivity contribution in [2.75, 3.05) is 32.1 Å². The van der Waals surface area contributed by atoms with E-state index in [1.165, 1.54) is 11.3 Å². The number of nitrogens with zero attached hydrogens (tertiary/aromatic N) is 2. The summed E-state index contributed by atoms with van der Waals surface area (Å²) in [6.07, 6.45) is 1.64. The summed E-state index contributed by atoms with van der Waals surface area (Å²) in [5.41, 5.74) is 1.08. The Morgan fingerprint density at radius 3 is 2.73 bits per heavy atom. The summed E-state index contributed by atoms with van der Waals surface area (Å²) >= 11 is 1.27. The Balaban J connectivity index is 1.54. The van der Waals surface area contributed by atoms with Crippen LogP contribution < -0.4 is 10.1 Å². The van der Waals surface area contributed by atoms with E-state index in [-0.39, 0.29) is 30.1 Å². The van der Waals surface area contributed by atoms with Crippen LogP contribution >= 0.6 is 11.3 Å². The maximum atomic E-state index is 12.6. The highest BCUT2D eigenvalue weighted by Gasteiger charge is 2.29. The lowest BCUT2D eigenvalue weighted by Crippen LogP contribution is -2.43. The fourth-order valence-electron chi connectivity index (χ4n) is 3.28. The molecule has 30 heavy (non-hydrogen) atoms. The molecule has 9 heteroatoms. The smallest absolute Gasteiger partial charge is 0.310 e. The highest BCUT2D eigenvalue weighted by atomic mass is 32.1. The van der Waals surface area contributed by atoms with Crippen LogP contribution in [0.5, 0.6) is 5.75 Å². The van der Waals surface area contributed by atoms with Crippen molar-refractivity contribution < 1.29 is 23.9 Å². The number of anilines is 1. The lowest BCUT2D eigenvalue weighted by Gasteiger charge is -2.31. The number of benzene rings is 1. The molecule has 2 heterocycles. The molecule has 1 N–H and O–H groups in total. The van der Waals surface area contributed by atoms with Gasteiger partial charge >= 0.3 is 5.97 Å². The van der Waals surface area contributed by atoms with Crippen molar-refractivity contribution in [1.82, 2.24) is 9.88 Å². The van der Waals surface area contributed by atoms with Gasteiger partial charge in [0.25, 0.3) is 5.91 Å². The first-order valence-corrected chi connectivity index (χ1v) is 10.7. The zero-order valence-corrected chi connectivity index (χ0v) is 17.9. The Hall–Kier alpha value is -2.94. The number of thiazole rings is 1. The van der Waals surface area contributed by atoms with Gasteiger partial charge in [0.05, 0.1) is 31.7 Å². The summed E-state index contributed by atoms with van der Waals surface area (Å²) in [6.45, 7) is 3.12. The first kappa shape index (κ1) is 21.8. The van der Waals surface area contributed by atoms with Gasteiger partial charge in [0.2, 0.25) is 5.91 Å². The number of methoxy groups -OCH3 is 1. The summed E-state index contributed by atoms with van der Waals surface area (Å²) in [5.74, 6) is -0.199. The van der Waals surface area contributed by atoms with E-state index in [9.17, 15) is 14.4 Å². The Kier molecular flexibility index (Phi) is 7.40. The van der Waals surface area contributed by atoms with Gasteiger partial charge < -0.3 is 14.4 Å². The van der Waals surface area contributed by atoms with Gasteiger partial charge in [-0.2, -0.15) is 0 Å². The minimum atomic E-state index is -0.279. The Bertz CT molecular complexity index is 896. The van der Waals surface area contributed by atoms with E-state index in [2.05, 4.69) is 10.3 Å². The third-order valence-corrected chi connectivity index (χ3v) is 5.66. The first-order chi connectivity index (χ1) is 14.5. The standard InChI is InChI=1S/C21H25N3O5S/c1-3-29-20(27)15-5-4-10-24(12-15)18(25)11-16-13-30-21(22-16)23-19(26)14-6-8-17(28-2)9-7-14/h6-9,13,15H,3-5,10-12H2,1-2H3,(H,22,23,26). The SMILES string of the molecule is CCOC(=O)C1CCCN(C(=O)Cc2csc(NC(=O)c3ccc(OC)cc3)n2)C1. The van der Waals surface area contributed by atoms with Gasteiger partial charge in [-0.25, -0.2) is 4.98 Å². The molecule has 1 atom stereocenters. The van der Waals surface area contributed by atoms with Crippen LogP contribution in [-0.2, 0) is 20.7 Å². The monoisotopic (exact) mass is 431 g/mol. The Morgan fingerprint density at radius 2 is 2.03 bits per heavy atom. The maximum Gasteiger partial charge on any atom is 0.310 e. The van der Waals surface area contributed by atoms with Gasteiger partial charge in [-0.1, -0.05) is 0 Å². The molecule has 1 saturated heterocycles. The zero-order chi connectivity index (χ0) is 21.5. The molecule has 0 bridgehead atoms. The number of hydrogen-bond donors (Lipinski definition) is 1. The van der Waals surface area contributed by atoms with E-state index in [1.807, 2.05) is 0 Å². The minimum absolute atomic E-state index is 0.0812. The molecule has 8 nitrogen and oxygen atoms in total. The number of aromatic nitrogens is 1. The largest absolute Gasteiger partial charge is 0.497 e. The Morgan fingerprint density at radius 1 is 1.27 bits per heavy atom. The van der Waals surface area contributed by atoms with Crippen molar-refractivity contribution in [2.45, 2.75) is 26.2 Å². The molecule has 1 aromatic heterocycles. The number of esters is 1. The summed E-state index contributed by atoms with van der Waals surface area (Å²) in [7, 11) is 1.56. The molecule has 3 rings (SSSR count). The van der Waals surface area contributed by atoms with E-state index in [0.29, 0.717) is 41.8 Å². The van der Waals surface area contributed by atoms with Crippen molar-refractivity contribution in [3.63, 3.8) is 0 Å². The number of hydrogen-bond acceptors (Lipinski definition) is 7. The van der Waals surface area contributed by atoms with Crippen LogP contribution in [0.3, 0.4) is 0 Å². The predicted molar refractivity (Wildman–Crippen MR) is 113 cm³/mol. The van der Waals surface area contributed by atoms with E-state index in [4.69, 9.17) is 9.47 Å². The van der Waals surface area contributed by atoms with Crippen LogP contribution in [0.1, 0.15) is 35.8 Å². The van der Waals surface area contributed by atoms with E-state index in [0.717, 1.165) is 12.8 Å². The van der Waals surface area contributed by atoms with Gasteiger partial charge in [-0.15, -0.1) is 11.3 Å². The minimum Gasteiger partial charge on any atom is -0.497 e. The molecule has 2 amide bonds. The molecule has 1 aliphatic rings. The molecule has 1 unspecified atom stereocenters. The number of likely N-dealkylation sites (tertiary alicyclic amines) is 1. The molecule has 1 aliphatic heterocycles. The number of amides is 2. The summed E-state index contributed by atoms with van der Waals surface area (Å²) < 4.78 is 10.2. The second-order valence-electron chi connectivity index (χ2n) is 6.93. The van der Waals surface area contributed by atoms with Gasteiger partial charge in [0, 0.05) is 24.0 Å². The molecule has 2 aromatic rings. The third-order valence-electron chi connectivity index (χ3n) is 4.85. The van der Waals surface area contributed by atoms with Crippen molar-refractivity contribution in [3.05, 3.63) is 40.9 Å².